The van der Waals surface area contributed by atoms with Gasteiger partial charge in [0.1, 0.15) is 0 Å². The molecule has 0 heterocycles. The van der Waals surface area contributed by atoms with E-state index in [-0.39, 0.29) is 0 Å². The predicted octanol–water partition coefficient (Wildman–Crippen LogP) is 2.89. The van der Waals surface area contributed by atoms with Gasteiger partial charge in [0.25, 0.3) is 0 Å². The first-order valence-corrected chi connectivity index (χ1v) is 6.20. The Hall–Kier alpha value is -0.340. The molecule has 0 bridgehead atoms. The summed E-state index contributed by atoms with van der Waals surface area (Å²) in [4.78, 5) is 0. The lowest BCUT2D eigenvalue weighted by Gasteiger charge is -2.22. The second-order valence-electron chi connectivity index (χ2n) is 4.86. The minimum atomic E-state index is 0.495. The smallest absolute Gasteiger partial charge is 0.0690 e. The molecular weight excluding hydrogens is 186 g/mol. The third-order valence-electron chi connectivity index (χ3n) is 2.84. The minimum absolute atomic E-state index is 0.495. The lowest BCUT2D eigenvalue weighted by atomic mass is 9.98. The molecule has 0 aliphatic heterocycles. The maximum Gasteiger partial charge on any atom is 0.0690 e. The fourth-order valence-corrected chi connectivity index (χ4v) is 1.87. The van der Waals surface area contributed by atoms with Crippen LogP contribution in [0, 0.1) is 0 Å². The average molecular weight is 211 g/mol. The zero-order valence-electron chi connectivity index (χ0n) is 10.2. The molecule has 0 radical (unpaired) electrons. The van der Waals surface area contributed by atoms with Gasteiger partial charge >= 0.3 is 0 Å². The van der Waals surface area contributed by atoms with Crippen LogP contribution in [0.4, 0.5) is 0 Å². The van der Waals surface area contributed by atoms with Gasteiger partial charge in [0.2, 0.25) is 0 Å². The predicted molar refractivity (Wildman–Crippen MR) is 65.1 cm³/mol. The van der Waals surface area contributed by atoms with Gasteiger partial charge in [0, 0.05) is 12.6 Å². The van der Waals surface area contributed by atoms with Crippen LogP contribution in [0.1, 0.15) is 46.0 Å². The highest BCUT2D eigenvalue weighted by Gasteiger charge is 2.13. The summed E-state index contributed by atoms with van der Waals surface area (Å²) in [6, 6.07) is 0.524. The van der Waals surface area contributed by atoms with Crippen molar-refractivity contribution in [2.24, 2.45) is 0 Å². The highest BCUT2D eigenvalue weighted by Crippen LogP contribution is 2.20. The number of nitrogens with one attached hydrogen (secondary N) is 1. The largest absolute Gasteiger partial charge is 0.374 e. The molecule has 0 aromatic carbocycles. The Morgan fingerprint density at radius 3 is 2.60 bits per heavy atom. The second-order valence-corrected chi connectivity index (χ2v) is 4.86. The Balaban J connectivity index is 2.05. The van der Waals surface area contributed by atoms with Gasteiger partial charge < -0.3 is 10.1 Å². The fourth-order valence-electron chi connectivity index (χ4n) is 1.87. The number of hydrogen-bond acceptors (Lipinski definition) is 2. The van der Waals surface area contributed by atoms with Crippen LogP contribution >= 0.6 is 0 Å². The third-order valence-corrected chi connectivity index (χ3v) is 2.84. The Labute approximate surface area is 94.1 Å². The Kier molecular flexibility index (Phi) is 5.96. The molecule has 0 aromatic heterocycles. The van der Waals surface area contributed by atoms with Gasteiger partial charge in [0.05, 0.1) is 12.7 Å². The monoisotopic (exact) mass is 211 g/mol. The van der Waals surface area contributed by atoms with E-state index in [9.17, 15) is 0 Å². The Bertz CT molecular complexity index is 183. The van der Waals surface area contributed by atoms with Crippen LogP contribution in [-0.2, 0) is 4.74 Å². The first-order valence-electron chi connectivity index (χ1n) is 6.20. The van der Waals surface area contributed by atoms with E-state index in [1.54, 1.807) is 0 Å². The Morgan fingerprint density at radius 1 is 1.33 bits per heavy atom. The van der Waals surface area contributed by atoms with Crippen LogP contribution in [0.3, 0.4) is 0 Å². The molecule has 0 amide bonds. The van der Waals surface area contributed by atoms with Crippen molar-refractivity contribution in [2.45, 2.75) is 58.1 Å². The van der Waals surface area contributed by atoms with Crippen molar-refractivity contribution in [1.82, 2.24) is 5.32 Å². The highest BCUT2D eigenvalue weighted by molar-refractivity contribution is 4.97. The van der Waals surface area contributed by atoms with E-state index >= 15 is 0 Å². The molecular formula is C13H25NO. The van der Waals surface area contributed by atoms with Gasteiger partial charge in [-0.1, -0.05) is 39.7 Å². The summed E-state index contributed by atoms with van der Waals surface area (Å²) in [7, 11) is 0. The van der Waals surface area contributed by atoms with Crippen molar-refractivity contribution in [3.05, 3.63) is 12.2 Å². The zero-order valence-corrected chi connectivity index (χ0v) is 10.2. The van der Waals surface area contributed by atoms with E-state index in [0.717, 1.165) is 18.7 Å². The van der Waals surface area contributed by atoms with Crippen LogP contribution in [0.15, 0.2) is 12.2 Å². The molecule has 2 heteroatoms. The summed E-state index contributed by atoms with van der Waals surface area (Å²) in [5.74, 6) is 0. The summed E-state index contributed by atoms with van der Waals surface area (Å²) < 4.78 is 5.84. The van der Waals surface area contributed by atoms with Crippen LogP contribution in [-0.4, -0.2) is 25.3 Å². The van der Waals surface area contributed by atoms with Crippen molar-refractivity contribution < 1.29 is 4.74 Å². The summed E-state index contributed by atoms with van der Waals surface area (Å²) >= 11 is 0. The van der Waals surface area contributed by atoms with E-state index < -0.39 is 0 Å². The van der Waals surface area contributed by atoms with Crippen molar-refractivity contribution in [3.63, 3.8) is 0 Å². The fraction of sp³-hybridized carbons (Fsp3) is 0.846. The molecule has 88 valence electrons. The molecule has 1 aliphatic rings. The molecule has 1 saturated carbocycles. The highest BCUT2D eigenvalue weighted by atomic mass is 16.5. The van der Waals surface area contributed by atoms with E-state index in [1.807, 2.05) is 0 Å². The lowest BCUT2D eigenvalue weighted by Crippen LogP contribution is -2.27. The standard InChI is InChI=1S/C13H25NO/c1-11(2)14-9-12(3)10-15-13-7-5-4-6-8-13/h11,13-14H,3-10H2,1-2H3. The molecule has 0 spiro atoms. The quantitative estimate of drug-likeness (QED) is 0.682. The van der Waals surface area contributed by atoms with Gasteiger partial charge in [0.15, 0.2) is 0 Å². The van der Waals surface area contributed by atoms with E-state index in [4.69, 9.17) is 4.74 Å². The van der Waals surface area contributed by atoms with Gasteiger partial charge in [-0.2, -0.15) is 0 Å². The zero-order chi connectivity index (χ0) is 11.1. The summed E-state index contributed by atoms with van der Waals surface area (Å²) in [6.07, 6.45) is 7.03. The average Bonchev–Trinajstić information content (AvgIpc) is 2.25. The molecule has 1 aliphatic carbocycles. The maximum atomic E-state index is 5.84. The molecule has 0 saturated heterocycles. The van der Waals surface area contributed by atoms with E-state index in [0.29, 0.717) is 12.1 Å². The third kappa shape index (κ3) is 5.95. The van der Waals surface area contributed by atoms with Crippen LogP contribution in [0.5, 0.6) is 0 Å². The van der Waals surface area contributed by atoms with E-state index in [1.165, 1.54) is 32.1 Å². The van der Waals surface area contributed by atoms with Crippen LogP contribution in [0.25, 0.3) is 0 Å². The second kappa shape index (κ2) is 7.02. The molecule has 0 atom stereocenters. The maximum absolute atomic E-state index is 5.84. The van der Waals surface area contributed by atoms with Crippen molar-refractivity contribution in [1.29, 1.82) is 0 Å². The summed E-state index contributed by atoms with van der Waals surface area (Å²) in [6.45, 7) is 9.93. The molecule has 1 fully saturated rings. The molecule has 0 unspecified atom stereocenters. The lowest BCUT2D eigenvalue weighted by molar-refractivity contribution is 0.0420. The number of rotatable bonds is 6. The number of hydrogen-bond donors (Lipinski definition) is 1. The topological polar surface area (TPSA) is 21.3 Å². The molecule has 1 rings (SSSR count). The van der Waals surface area contributed by atoms with Crippen molar-refractivity contribution in [3.8, 4) is 0 Å². The Morgan fingerprint density at radius 2 is 2.00 bits per heavy atom. The first kappa shape index (κ1) is 12.7. The molecule has 1 N–H and O–H groups in total. The number of ether oxygens (including phenoxy) is 1. The first-order chi connectivity index (χ1) is 7.18. The van der Waals surface area contributed by atoms with Gasteiger partial charge in [-0.3, -0.25) is 0 Å². The van der Waals surface area contributed by atoms with Crippen LogP contribution < -0.4 is 5.32 Å². The molecule has 2 nitrogen and oxygen atoms in total. The minimum Gasteiger partial charge on any atom is -0.374 e. The van der Waals surface area contributed by atoms with Crippen molar-refractivity contribution >= 4 is 0 Å². The SMILES string of the molecule is C=C(CNC(C)C)COC1CCCCC1. The molecule has 0 aromatic rings. The van der Waals surface area contributed by atoms with Gasteiger partial charge in [-0.15, -0.1) is 0 Å². The summed E-state index contributed by atoms with van der Waals surface area (Å²) in [5, 5.41) is 3.35. The molecule has 15 heavy (non-hydrogen) atoms. The van der Waals surface area contributed by atoms with Crippen molar-refractivity contribution in [2.75, 3.05) is 13.2 Å². The summed E-state index contributed by atoms with van der Waals surface area (Å²) in [5.41, 5.74) is 1.16. The normalized spacial score (nSPS) is 18.3. The van der Waals surface area contributed by atoms with Gasteiger partial charge in [-0.05, 0) is 18.4 Å². The van der Waals surface area contributed by atoms with Crippen LogP contribution in [0.2, 0.25) is 0 Å². The van der Waals surface area contributed by atoms with E-state index in [2.05, 4.69) is 25.7 Å². The van der Waals surface area contributed by atoms with Gasteiger partial charge in [-0.25, -0.2) is 0 Å².